The highest BCUT2D eigenvalue weighted by Crippen LogP contribution is 2.28. The number of anilines is 2. The third-order valence-corrected chi connectivity index (χ3v) is 3.54. The van der Waals surface area contributed by atoms with E-state index in [0.29, 0.717) is 0 Å². The molecule has 2 aromatic carbocycles. The van der Waals surface area contributed by atoms with Gasteiger partial charge in [-0.2, -0.15) is 0 Å². The fourth-order valence-corrected chi connectivity index (χ4v) is 2.50. The summed E-state index contributed by atoms with van der Waals surface area (Å²) in [5, 5.41) is 4.17. The van der Waals surface area contributed by atoms with Gasteiger partial charge in [0.25, 0.3) is 0 Å². The molecule has 0 atom stereocenters. The van der Waals surface area contributed by atoms with Crippen LogP contribution in [0.1, 0.15) is 5.56 Å². The third kappa shape index (κ3) is 3.88. The van der Waals surface area contributed by atoms with E-state index >= 15 is 0 Å². The summed E-state index contributed by atoms with van der Waals surface area (Å²) in [5.41, 5.74) is 3.39. The number of hydrogen-bond acceptors (Lipinski definition) is 2. The maximum absolute atomic E-state index is 6.06. The van der Waals surface area contributed by atoms with Crippen LogP contribution in [0.2, 0.25) is 5.02 Å². The molecule has 0 aliphatic carbocycles. The molecule has 0 fully saturated rings. The molecule has 0 saturated carbocycles. The van der Waals surface area contributed by atoms with Crippen molar-refractivity contribution in [2.75, 3.05) is 24.3 Å². The Morgan fingerprint density at radius 1 is 1.16 bits per heavy atom. The summed E-state index contributed by atoms with van der Waals surface area (Å²) in [6.07, 6.45) is 0. The minimum absolute atomic E-state index is 0.738. The van der Waals surface area contributed by atoms with Crippen molar-refractivity contribution in [2.45, 2.75) is 6.54 Å². The van der Waals surface area contributed by atoms with Gasteiger partial charge < -0.3 is 10.2 Å². The van der Waals surface area contributed by atoms with E-state index < -0.39 is 0 Å². The van der Waals surface area contributed by atoms with Crippen molar-refractivity contribution >= 4 is 38.9 Å². The summed E-state index contributed by atoms with van der Waals surface area (Å²) in [6.45, 7) is 0.765. The van der Waals surface area contributed by atoms with E-state index in [0.717, 1.165) is 27.4 Å². The predicted molar refractivity (Wildman–Crippen MR) is 87.2 cm³/mol. The van der Waals surface area contributed by atoms with Gasteiger partial charge >= 0.3 is 0 Å². The second-order valence-electron chi connectivity index (χ2n) is 4.54. The highest BCUT2D eigenvalue weighted by molar-refractivity contribution is 9.10. The SMILES string of the molecule is CN(C)c1ccc(Cl)cc1NCc1cccc(Br)c1. The zero-order valence-electron chi connectivity index (χ0n) is 11.0. The van der Waals surface area contributed by atoms with Crippen LogP contribution >= 0.6 is 27.5 Å². The quantitative estimate of drug-likeness (QED) is 0.862. The summed E-state index contributed by atoms with van der Waals surface area (Å²) in [5.74, 6) is 0. The predicted octanol–water partition coefficient (Wildman–Crippen LogP) is 4.78. The van der Waals surface area contributed by atoms with Crippen molar-refractivity contribution in [3.8, 4) is 0 Å². The summed E-state index contributed by atoms with van der Waals surface area (Å²) >= 11 is 9.54. The van der Waals surface area contributed by atoms with Crippen LogP contribution in [0.3, 0.4) is 0 Å². The molecule has 100 valence electrons. The Balaban J connectivity index is 2.17. The lowest BCUT2D eigenvalue weighted by atomic mass is 10.2. The van der Waals surface area contributed by atoms with Crippen LogP contribution in [0.5, 0.6) is 0 Å². The highest BCUT2D eigenvalue weighted by Gasteiger charge is 2.05. The van der Waals surface area contributed by atoms with Gasteiger partial charge in [-0.15, -0.1) is 0 Å². The number of halogens is 2. The molecule has 0 saturated heterocycles. The second kappa shape index (κ2) is 6.31. The van der Waals surface area contributed by atoms with E-state index in [-0.39, 0.29) is 0 Å². The molecule has 0 bridgehead atoms. The van der Waals surface area contributed by atoms with Crippen LogP contribution in [-0.2, 0) is 6.54 Å². The molecule has 19 heavy (non-hydrogen) atoms. The Morgan fingerprint density at radius 3 is 2.63 bits per heavy atom. The molecule has 0 radical (unpaired) electrons. The van der Waals surface area contributed by atoms with Gasteiger partial charge in [0.1, 0.15) is 0 Å². The first-order chi connectivity index (χ1) is 9.06. The van der Waals surface area contributed by atoms with Crippen LogP contribution in [0, 0.1) is 0 Å². The Kier molecular flexibility index (Phi) is 4.72. The van der Waals surface area contributed by atoms with Crippen LogP contribution in [0.4, 0.5) is 11.4 Å². The van der Waals surface area contributed by atoms with Gasteiger partial charge in [0.2, 0.25) is 0 Å². The summed E-state index contributed by atoms with van der Waals surface area (Å²) in [4.78, 5) is 2.07. The largest absolute Gasteiger partial charge is 0.379 e. The van der Waals surface area contributed by atoms with Crippen molar-refractivity contribution in [1.29, 1.82) is 0 Å². The number of benzene rings is 2. The van der Waals surface area contributed by atoms with Gasteiger partial charge in [0, 0.05) is 30.1 Å². The molecule has 4 heteroatoms. The molecule has 2 aromatic rings. The molecule has 0 aliphatic rings. The molecular formula is C15H16BrClN2. The fraction of sp³-hybridized carbons (Fsp3) is 0.200. The van der Waals surface area contributed by atoms with Crippen molar-refractivity contribution in [3.63, 3.8) is 0 Å². The first-order valence-corrected chi connectivity index (χ1v) is 7.18. The molecule has 0 unspecified atom stereocenters. The first-order valence-electron chi connectivity index (χ1n) is 6.01. The number of rotatable bonds is 4. The Bertz CT molecular complexity index is 570. The van der Waals surface area contributed by atoms with Gasteiger partial charge in [0.05, 0.1) is 11.4 Å². The maximum atomic E-state index is 6.06. The van der Waals surface area contributed by atoms with Crippen LogP contribution in [0.15, 0.2) is 46.9 Å². The molecule has 1 N–H and O–H groups in total. The minimum atomic E-state index is 0.738. The zero-order valence-corrected chi connectivity index (χ0v) is 13.3. The highest BCUT2D eigenvalue weighted by atomic mass is 79.9. The smallest absolute Gasteiger partial charge is 0.0597 e. The van der Waals surface area contributed by atoms with Crippen molar-refractivity contribution in [3.05, 3.63) is 57.5 Å². The minimum Gasteiger partial charge on any atom is -0.379 e. The molecule has 0 aromatic heterocycles. The second-order valence-corrected chi connectivity index (χ2v) is 5.89. The van der Waals surface area contributed by atoms with Crippen LogP contribution < -0.4 is 10.2 Å². The van der Waals surface area contributed by atoms with Gasteiger partial charge in [-0.3, -0.25) is 0 Å². The normalized spacial score (nSPS) is 10.3. The standard InChI is InChI=1S/C15H16BrClN2/c1-19(2)15-7-6-13(17)9-14(15)18-10-11-4-3-5-12(16)8-11/h3-9,18H,10H2,1-2H3. The van der Waals surface area contributed by atoms with Gasteiger partial charge in [-0.05, 0) is 35.9 Å². The Labute approximate surface area is 127 Å². The maximum Gasteiger partial charge on any atom is 0.0597 e. The topological polar surface area (TPSA) is 15.3 Å². The molecule has 0 amide bonds. The fourth-order valence-electron chi connectivity index (χ4n) is 1.88. The van der Waals surface area contributed by atoms with Crippen LogP contribution in [0.25, 0.3) is 0 Å². The van der Waals surface area contributed by atoms with E-state index in [4.69, 9.17) is 11.6 Å². The third-order valence-electron chi connectivity index (χ3n) is 2.81. The number of hydrogen-bond donors (Lipinski definition) is 1. The van der Waals surface area contributed by atoms with E-state index in [1.54, 1.807) is 0 Å². The average molecular weight is 340 g/mol. The van der Waals surface area contributed by atoms with E-state index in [2.05, 4.69) is 38.3 Å². The van der Waals surface area contributed by atoms with E-state index in [1.165, 1.54) is 5.56 Å². The lowest BCUT2D eigenvalue weighted by molar-refractivity contribution is 1.10. The van der Waals surface area contributed by atoms with Gasteiger partial charge in [-0.1, -0.05) is 39.7 Å². The summed E-state index contributed by atoms with van der Waals surface area (Å²) in [7, 11) is 4.04. The summed E-state index contributed by atoms with van der Waals surface area (Å²) in [6, 6.07) is 14.1. The number of nitrogens with one attached hydrogen (secondary N) is 1. The first kappa shape index (κ1) is 14.2. The summed E-state index contributed by atoms with van der Waals surface area (Å²) < 4.78 is 1.09. The number of nitrogens with zero attached hydrogens (tertiary/aromatic N) is 1. The van der Waals surface area contributed by atoms with Gasteiger partial charge in [-0.25, -0.2) is 0 Å². The van der Waals surface area contributed by atoms with Crippen molar-refractivity contribution in [1.82, 2.24) is 0 Å². The monoisotopic (exact) mass is 338 g/mol. The zero-order chi connectivity index (χ0) is 13.8. The molecule has 0 heterocycles. The van der Waals surface area contributed by atoms with E-state index in [1.807, 2.05) is 44.4 Å². The Morgan fingerprint density at radius 2 is 1.95 bits per heavy atom. The molecular weight excluding hydrogens is 324 g/mol. The molecule has 2 rings (SSSR count). The average Bonchev–Trinajstić information content (AvgIpc) is 2.36. The van der Waals surface area contributed by atoms with Crippen molar-refractivity contribution < 1.29 is 0 Å². The van der Waals surface area contributed by atoms with Gasteiger partial charge in [0.15, 0.2) is 0 Å². The lowest BCUT2D eigenvalue weighted by Gasteiger charge is -2.19. The molecule has 2 nitrogen and oxygen atoms in total. The molecule has 0 aliphatic heterocycles. The van der Waals surface area contributed by atoms with E-state index in [9.17, 15) is 0 Å². The Hall–Kier alpha value is -1.19. The van der Waals surface area contributed by atoms with Crippen LogP contribution in [-0.4, -0.2) is 14.1 Å². The molecule has 0 spiro atoms. The van der Waals surface area contributed by atoms with Crippen molar-refractivity contribution in [2.24, 2.45) is 0 Å². The lowest BCUT2D eigenvalue weighted by Crippen LogP contribution is -2.12.